The van der Waals surface area contributed by atoms with Gasteiger partial charge in [0.1, 0.15) is 29.3 Å². The van der Waals surface area contributed by atoms with Crippen LogP contribution in [0.2, 0.25) is 0 Å². The highest BCUT2D eigenvalue weighted by molar-refractivity contribution is 5.90. The van der Waals surface area contributed by atoms with Crippen LogP contribution in [0.3, 0.4) is 0 Å². The Bertz CT molecular complexity index is 2790. The van der Waals surface area contributed by atoms with Crippen LogP contribution in [0.4, 0.5) is 11.6 Å². The van der Waals surface area contributed by atoms with Gasteiger partial charge in [-0.05, 0) is 57.2 Å². The fourth-order valence-corrected chi connectivity index (χ4v) is 5.73. The molecule has 244 valence electrons. The first-order chi connectivity index (χ1) is 24.7. The maximum absolute atomic E-state index is 9.70. The Morgan fingerprint density at radius 3 is 1.76 bits per heavy atom. The molecule has 0 saturated carbocycles. The van der Waals surface area contributed by atoms with E-state index in [-0.39, 0.29) is 40.5 Å². The number of nitrogen functional groups attached to an aromatic ring is 2. The minimum absolute atomic E-state index is 0.0120. The highest BCUT2D eigenvalue weighted by atomic mass is 16.4. The maximum Gasteiger partial charge on any atom is 0.248 e. The number of pyridine rings is 2. The van der Waals surface area contributed by atoms with Crippen LogP contribution < -0.4 is 11.5 Å². The highest BCUT2D eigenvalue weighted by Crippen LogP contribution is 2.37. The molecule has 0 unspecified atom stereocenters. The molecule has 6 heterocycles. The summed E-state index contributed by atoms with van der Waals surface area (Å²) < 4.78 is 12.2. The Balaban J connectivity index is 1.24. The van der Waals surface area contributed by atoms with Crippen molar-refractivity contribution < 1.29 is 8.83 Å². The van der Waals surface area contributed by atoms with E-state index in [0.29, 0.717) is 62.2 Å². The van der Waals surface area contributed by atoms with Crippen LogP contribution >= 0.6 is 0 Å². The lowest BCUT2D eigenvalue weighted by molar-refractivity contribution is 0.538. The molecule has 8 rings (SSSR count). The second-order valence-electron chi connectivity index (χ2n) is 11.7. The summed E-state index contributed by atoms with van der Waals surface area (Å²) in [5.41, 5.74) is 18.3. The molecule has 0 fully saturated rings. The molecule has 0 saturated heterocycles. The summed E-state index contributed by atoms with van der Waals surface area (Å²) in [5, 5.41) is 21.0. The topological polar surface area (TPSA) is 229 Å². The van der Waals surface area contributed by atoms with Gasteiger partial charge >= 0.3 is 0 Å². The average Bonchev–Trinajstić information content (AvgIpc) is 3.70. The first-order valence-electron chi connectivity index (χ1n) is 15.5. The summed E-state index contributed by atoms with van der Waals surface area (Å²) in [5.74, 6) is 1.42. The molecule has 0 aliphatic carbocycles. The third-order valence-electron chi connectivity index (χ3n) is 8.38. The number of nitriles is 2. The number of benzene rings is 2. The summed E-state index contributed by atoms with van der Waals surface area (Å²) in [7, 11) is 0. The van der Waals surface area contributed by atoms with Gasteiger partial charge in [0.25, 0.3) is 0 Å². The second-order valence-corrected chi connectivity index (χ2v) is 11.7. The van der Waals surface area contributed by atoms with Gasteiger partial charge in [-0.3, -0.25) is 9.97 Å². The lowest BCUT2D eigenvalue weighted by atomic mass is 10.0. The van der Waals surface area contributed by atoms with Crippen LogP contribution in [-0.2, 0) is 0 Å². The van der Waals surface area contributed by atoms with Crippen molar-refractivity contribution in [1.29, 1.82) is 10.5 Å². The van der Waals surface area contributed by atoms with E-state index in [1.54, 1.807) is 19.3 Å². The van der Waals surface area contributed by atoms with Crippen LogP contribution in [0.25, 0.3) is 78.8 Å². The van der Waals surface area contributed by atoms with Gasteiger partial charge < -0.3 is 20.3 Å². The van der Waals surface area contributed by atoms with Crippen molar-refractivity contribution >= 4 is 33.4 Å². The number of hydrogen-bond acceptors (Lipinski definition) is 14. The monoisotopic (exact) mass is 668 g/mol. The standard InChI is InChI=1S/C37H24N12O2/c1-17-19(3)50-36(44-17)31-30(47-27(14-38)34(40)48-31)22-7-9-26-23(12-22)13-24(16-43-26)33-18(2)45-37(51-33)32-29(46-28(15-39)35(41)49-32)21-6-8-25-20(11-21)5-4-10-42-25/h4-13,16H,1-3H3,(H2,40,48)(H2,41,49). The van der Waals surface area contributed by atoms with Crippen LogP contribution in [-0.4, -0.2) is 39.9 Å². The molecule has 4 N–H and O–H groups in total. The molecule has 14 nitrogen and oxygen atoms in total. The zero-order valence-electron chi connectivity index (χ0n) is 27.3. The first kappa shape index (κ1) is 30.7. The SMILES string of the molecule is Cc1nc(-c2nc(N)c(C#N)nc2-c2ccc3ncc(-c4oc(-c5nc(N)c(C#N)nc5-c5ccc6ncccc6c5)nc4C)cc3c2)oc1C. The molecule has 0 bridgehead atoms. The molecule has 0 amide bonds. The van der Waals surface area contributed by atoms with Gasteiger partial charge in [0.05, 0.1) is 22.4 Å². The van der Waals surface area contributed by atoms with Crippen LogP contribution in [0.15, 0.2) is 75.8 Å². The number of fused-ring (bicyclic) bond motifs is 2. The van der Waals surface area contributed by atoms with Gasteiger partial charge in [-0.2, -0.15) is 10.5 Å². The van der Waals surface area contributed by atoms with E-state index in [2.05, 4.69) is 34.9 Å². The molecule has 0 atom stereocenters. The fourth-order valence-electron chi connectivity index (χ4n) is 5.73. The van der Waals surface area contributed by atoms with E-state index in [1.807, 2.05) is 80.6 Å². The Kier molecular flexibility index (Phi) is 7.13. The summed E-state index contributed by atoms with van der Waals surface area (Å²) in [4.78, 5) is 36.3. The number of rotatable bonds is 5. The van der Waals surface area contributed by atoms with Crippen molar-refractivity contribution in [2.45, 2.75) is 20.8 Å². The molecular formula is C37H24N12O2. The smallest absolute Gasteiger partial charge is 0.248 e. The third-order valence-corrected chi connectivity index (χ3v) is 8.38. The van der Waals surface area contributed by atoms with Gasteiger partial charge in [0, 0.05) is 39.9 Å². The second kappa shape index (κ2) is 11.8. The quantitative estimate of drug-likeness (QED) is 0.199. The highest BCUT2D eigenvalue weighted by Gasteiger charge is 2.24. The number of nitrogens with zero attached hydrogens (tertiary/aromatic N) is 10. The van der Waals surface area contributed by atoms with E-state index >= 15 is 0 Å². The van der Waals surface area contributed by atoms with E-state index in [9.17, 15) is 10.5 Å². The van der Waals surface area contributed by atoms with Crippen LogP contribution in [0.1, 0.15) is 28.5 Å². The molecular weight excluding hydrogens is 644 g/mol. The summed E-state index contributed by atoms with van der Waals surface area (Å²) in [6.07, 6.45) is 3.41. The molecule has 51 heavy (non-hydrogen) atoms. The van der Waals surface area contributed by atoms with Crippen molar-refractivity contribution in [3.05, 3.63) is 95.5 Å². The average molecular weight is 669 g/mol. The largest absolute Gasteiger partial charge is 0.440 e. The molecule has 14 heteroatoms. The minimum atomic E-state index is -0.0456. The Labute approximate surface area is 289 Å². The predicted molar refractivity (Wildman–Crippen MR) is 188 cm³/mol. The summed E-state index contributed by atoms with van der Waals surface area (Å²) >= 11 is 0. The van der Waals surface area contributed by atoms with Crippen LogP contribution in [0, 0.1) is 43.4 Å². The van der Waals surface area contributed by atoms with E-state index < -0.39 is 0 Å². The van der Waals surface area contributed by atoms with Crippen molar-refractivity contribution in [2.75, 3.05) is 11.5 Å². The zero-order chi connectivity index (χ0) is 35.4. The first-order valence-corrected chi connectivity index (χ1v) is 15.5. The van der Waals surface area contributed by atoms with Crippen molar-refractivity contribution in [3.63, 3.8) is 0 Å². The van der Waals surface area contributed by atoms with E-state index in [1.165, 1.54) is 0 Å². The van der Waals surface area contributed by atoms with Crippen LogP contribution in [0.5, 0.6) is 0 Å². The minimum Gasteiger partial charge on any atom is -0.440 e. The van der Waals surface area contributed by atoms with E-state index in [4.69, 9.17) is 25.3 Å². The molecule has 6 aromatic heterocycles. The number of aryl methyl sites for hydroxylation is 3. The van der Waals surface area contributed by atoms with Crippen molar-refractivity contribution in [1.82, 2.24) is 39.9 Å². The van der Waals surface area contributed by atoms with E-state index in [0.717, 1.165) is 16.3 Å². The van der Waals surface area contributed by atoms with Gasteiger partial charge in [-0.1, -0.05) is 18.2 Å². The molecule has 2 aromatic carbocycles. The number of hydrogen-bond donors (Lipinski definition) is 2. The number of oxazole rings is 2. The van der Waals surface area contributed by atoms with Crippen molar-refractivity contribution in [3.8, 4) is 69.1 Å². The lowest BCUT2D eigenvalue weighted by Gasteiger charge is -2.09. The fraction of sp³-hybridized carbons (Fsp3) is 0.0811. The van der Waals surface area contributed by atoms with Crippen molar-refractivity contribution in [2.24, 2.45) is 0 Å². The predicted octanol–water partition coefficient (Wildman–Crippen LogP) is 6.51. The molecule has 0 radical (unpaired) electrons. The van der Waals surface area contributed by atoms with Gasteiger partial charge in [0.2, 0.25) is 11.8 Å². The third kappa shape index (κ3) is 5.29. The summed E-state index contributed by atoms with van der Waals surface area (Å²) in [6.45, 7) is 5.44. The van der Waals surface area contributed by atoms with Gasteiger partial charge in [-0.15, -0.1) is 0 Å². The lowest BCUT2D eigenvalue weighted by Crippen LogP contribution is -2.03. The normalized spacial score (nSPS) is 11.2. The zero-order valence-corrected chi connectivity index (χ0v) is 27.3. The molecule has 0 aliphatic heterocycles. The Morgan fingerprint density at radius 1 is 0.588 bits per heavy atom. The van der Waals surface area contributed by atoms with Gasteiger partial charge in [-0.25, -0.2) is 29.9 Å². The Morgan fingerprint density at radius 2 is 1.16 bits per heavy atom. The number of nitrogens with two attached hydrogens (primary N) is 2. The maximum atomic E-state index is 9.70. The molecule has 8 aromatic rings. The number of anilines is 2. The Hall–Kier alpha value is -7.58. The van der Waals surface area contributed by atoms with Gasteiger partial charge in [0.15, 0.2) is 40.2 Å². The molecule has 0 aliphatic rings. The number of aromatic nitrogens is 8. The summed E-state index contributed by atoms with van der Waals surface area (Å²) in [6, 6.07) is 20.9. The molecule has 0 spiro atoms.